The molecule has 1 atom stereocenters. The number of rotatable bonds is 10. The molecular weight excluding hydrogens is 619 g/mol. The monoisotopic (exact) mass is 648 g/mol. The SMILES string of the molecule is CS(=O)(=O)NCc1cc(F)cc(-c2cccc3[nH]c(-c4n[nH]c5cnc(-c6cncc(NC(O)Cc7ccccc7)c6)cc45)nc23)c1. The van der Waals surface area contributed by atoms with Crippen molar-refractivity contribution >= 4 is 37.6 Å². The summed E-state index contributed by atoms with van der Waals surface area (Å²) in [6.07, 6.45) is 5.74. The molecule has 0 aliphatic carbocycles. The van der Waals surface area contributed by atoms with Crippen LogP contribution < -0.4 is 10.0 Å². The summed E-state index contributed by atoms with van der Waals surface area (Å²) in [5, 5.41) is 22.0. The summed E-state index contributed by atoms with van der Waals surface area (Å²) in [6.45, 7) is -0.0379. The minimum Gasteiger partial charge on any atom is -0.373 e. The van der Waals surface area contributed by atoms with E-state index in [-0.39, 0.29) is 6.54 Å². The molecule has 1 unspecified atom stereocenters. The number of fused-ring (bicyclic) bond motifs is 2. The Morgan fingerprint density at radius 2 is 1.77 bits per heavy atom. The van der Waals surface area contributed by atoms with E-state index in [0.717, 1.165) is 28.3 Å². The molecule has 3 aromatic carbocycles. The number of benzene rings is 3. The molecule has 0 saturated carbocycles. The molecule has 7 aromatic rings. The number of aromatic amines is 2. The van der Waals surface area contributed by atoms with Crippen LogP contribution in [0.3, 0.4) is 0 Å². The number of hydrogen-bond acceptors (Lipinski definition) is 8. The third-order valence-corrected chi connectivity index (χ3v) is 8.30. The maximum absolute atomic E-state index is 14.6. The lowest BCUT2D eigenvalue weighted by molar-refractivity contribution is 0.204. The largest absolute Gasteiger partial charge is 0.373 e. The predicted molar refractivity (Wildman–Crippen MR) is 179 cm³/mol. The highest BCUT2D eigenvalue weighted by atomic mass is 32.2. The number of nitrogens with one attached hydrogen (secondary N) is 4. The van der Waals surface area contributed by atoms with Crippen LogP contribution >= 0.6 is 0 Å². The minimum atomic E-state index is -3.45. The van der Waals surface area contributed by atoms with Crippen LogP contribution in [0.15, 0.2) is 97.5 Å². The quantitative estimate of drug-likeness (QED) is 0.123. The Kier molecular flexibility index (Phi) is 7.93. The van der Waals surface area contributed by atoms with Gasteiger partial charge in [0.2, 0.25) is 10.0 Å². The molecule has 47 heavy (non-hydrogen) atoms. The normalized spacial score (nSPS) is 12.5. The van der Waals surface area contributed by atoms with Crippen LogP contribution in [0, 0.1) is 5.82 Å². The molecule has 0 spiro atoms. The summed E-state index contributed by atoms with van der Waals surface area (Å²) in [5.74, 6) is 0.0159. The number of halogens is 1. The molecule has 0 saturated heterocycles. The number of hydrogen-bond donors (Lipinski definition) is 5. The van der Waals surface area contributed by atoms with Gasteiger partial charge in [0, 0.05) is 35.7 Å². The Labute approximate surface area is 269 Å². The van der Waals surface area contributed by atoms with E-state index in [9.17, 15) is 17.9 Å². The molecule has 0 bridgehead atoms. The molecule has 13 heteroatoms. The highest BCUT2D eigenvalue weighted by Gasteiger charge is 2.17. The zero-order valence-corrected chi connectivity index (χ0v) is 25.9. The highest BCUT2D eigenvalue weighted by molar-refractivity contribution is 7.88. The maximum atomic E-state index is 14.6. The van der Waals surface area contributed by atoms with E-state index in [0.29, 0.717) is 57.0 Å². The lowest BCUT2D eigenvalue weighted by Gasteiger charge is -2.14. The number of aliphatic hydroxyl groups is 1. The van der Waals surface area contributed by atoms with Gasteiger partial charge in [0.05, 0.1) is 46.6 Å². The molecular formula is C34H29FN8O3S. The Hall–Kier alpha value is -5.50. The molecule has 0 aliphatic rings. The number of aromatic nitrogens is 6. The number of pyridine rings is 2. The van der Waals surface area contributed by atoms with Crippen LogP contribution in [0.4, 0.5) is 10.1 Å². The van der Waals surface area contributed by atoms with Crippen molar-refractivity contribution in [2.45, 2.75) is 19.2 Å². The molecule has 0 radical (unpaired) electrons. The van der Waals surface area contributed by atoms with Crippen LogP contribution in [0.25, 0.3) is 55.8 Å². The van der Waals surface area contributed by atoms with E-state index in [1.54, 1.807) is 24.7 Å². The average molecular weight is 649 g/mol. The Bertz CT molecular complexity index is 2340. The van der Waals surface area contributed by atoms with E-state index < -0.39 is 22.1 Å². The van der Waals surface area contributed by atoms with Crippen LogP contribution in [-0.4, -0.2) is 56.1 Å². The van der Waals surface area contributed by atoms with E-state index in [1.165, 1.54) is 12.1 Å². The van der Waals surface area contributed by atoms with Gasteiger partial charge in [-0.3, -0.25) is 15.1 Å². The predicted octanol–water partition coefficient (Wildman–Crippen LogP) is 5.39. The molecule has 4 aromatic heterocycles. The summed E-state index contributed by atoms with van der Waals surface area (Å²) in [6, 6.07) is 23.5. The van der Waals surface area contributed by atoms with Gasteiger partial charge in [-0.15, -0.1) is 0 Å². The zero-order valence-electron chi connectivity index (χ0n) is 25.1. The van der Waals surface area contributed by atoms with E-state index in [2.05, 4.69) is 35.2 Å². The van der Waals surface area contributed by atoms with Crippen molar-refractivity contribution in [3.63, 3.8) is 0 Å². The first-order chi connectivity index (χ1) is 22.7. The van der Waals surface area contributed by atoms with Crippen molar-refractivity contribution in [2.75, 3.05) is 11.6 Å². The van der Waals surface area contributed by atoms with Gasteiger partial charge in [0.15, 0.2) is 5.82 Å². The topological polar surface area (TPSA) is 162 Å². The fourth-order valence-electron chi connectivity index (χ4n) is 5.49. The number of aliphatic hydroxyl groups excluding tert-OH is 1. The lowest BCUT2D eigenvalue weighted by atomic mass is 10.0. The van der Waals surface area contributed by atoms with Crippen molar-refractivity contribution in [3.05, 3.63) is 114 Å². The Balaban J connectivity index is 1.19. The first kappa shape index (κ1) is 30.2. The van der Waals surface area contributed by atoms with Gasteiger partial charge in [-0.1, -0.05) is 42.5 Å². The second-order valence-electron chi connectivity index (χ2n) is 11.2. The van der Waals surface area contributed by atoms with Gasteiger partial charge >= 0.3 is 0 Å². The van der Waals surface area contributed by atoms with Gasteiger partial charge < -0.3 is 15.4 Å². The number of imidazole rings is 1. The second-order valence-corrected chi connectivity index (χ2v) is 13.1. The maximum Gasteiger partial charge on any atom is 0.209 e. The number of anilines is 1. The van der Waals surface area contributed by atoms with Crippen molar-refractivity contribution in [2.24, 2.45) is 0 Å². The van der Waals surface area contributed by atoms with Crippen molar-refractivity contribution in [3.8, 4) is 33.9 Å². The van der Waals surface area contributed by atoms with Gasteiger partial charge in [-0.25, -0.2) is 22.5 Å². The standard InChI is InChI=1S/C34H29FN8O3S/c1-47(45,46)38-16-21-10-22(13-24(35)11-21)26-8-5-9-28-32(26)41-34(40-28)33-27-15-29(37-19-30(27)42-43-33)23-14-25(18-36-17-23)39-31(44)12-20-6-3-2-4-7-20/h2-11,13-15,17-19,31,38-39,44H,12,16H2,1H3,(H,40,41)(H,42,43). The summed E-state index contributed by atoms with van der Waals surface area (Å²) in [4.78, 5) is 17.2. The molecule has 0 fully saturated rings. The third-order valence-electron chi connectivity index (χ3n) is 7.63. The van der Waals surface area contributed by atoms with E-state index >= 15 is 0 Å². The molecule has 7 rings (SSSR count). The summed E-state index contributed by atoms with van der Waals surface area (Å²) >= 11 is 0. The van der Waals surface area contributed by atoms with Gasteiger partial charge in [0.25, 0.3) is 0 Å². The van der Waals surface area contributed by atoms with Gasteiger partial charge in [-0.05, 0) is 53.1 Å². The second kappa shape index (κ2) is 12.4. The summed E-state index contributed by atoms with van der Waals surface area (Å²) < 4.78 is 40.2. The number of nitrogens with zero attached hydrogens (tertiary/aromatic N) is 4. The number of para-hydroxylation sites is 1. The van der Waals surface area contributed by atoms with Gasteiger partial charge in [0.1, 0.15) is 17.7 Å². The smallest absolute Gasteiger partial charge is 0.209 e. The minimum absolute atomic E-state index is 0.0379. The van der Waals surface area contributed by atoms with Crippen molar-refractivity contribution in [1.29, 1.82) is 0 Å². The molecule has 11 nitrogen and oxygen atoms in total. The fourth-order valence-corrected chi connectivity index (χ4v) is 5.92. The highest BCUT2D eigenvalue weighted by Crippen LogP contribution is 2.33. The van der Waals surface area contributed by atoms with Crippen molar-refractivity contribution in [1.82, 2.24) is 34.9 Å². The molecule has 4 heterocycles. The Morgan fingerprint density at radius 3 is 2.60 bits per heavy atom. The van der Waals surface area contributed by atoms with Crippen LogP contribution in [0.1, 0.15) is 11.1 Å². The van der Waals surface area contributed by atoms with Crippen LogP contribution in [0.5, 0.6) is 0 Å². The van der Waals surface area contributed by atoms with Crippen LogP contribution in [0.2, 0.25) is 0 Å². The number of sulfonamides is 1. The third kappa shape index (κ3) is 6.72. The fraction of sp³-hybridized carbons (Fsp3) is 0.118. The van der Waals surface area contributed by atoms with E-state index in [4.69, 9.17) is 4.98 Å². The summed E-state index contributed by atoms with van der Waals surface area (Å²) in [5.41, 5.74) is 7.39. The molecule has 0 amide bonds. The number of H-pyrrole nitrogens is 2. The van der Waals surface area contributed by atoms with E-state index in [1.807, 2.05) is 60.7 Å². The van der Waals surface area contributed by atoms with Crippen LogP contribution in [-0.2, 0) is 23.0 Å². The first-order valence-electron chi connectivity index (χ1n) is 14.7. The first-order valence-corrected chi connectivity index (χ1v) is 16.6. The zero-order chi connectivity index (χ0) is 32.5. The average Bonchev–Trinajstić information content (AvgIpc) is 3.68. The van der Waals surface area contributed by atoms with Crippen molar-refractivity contribution < 1.29 is 17.9 Å². The molecule has 5 N–H and O–H groups in total. The molecule has 236 valence electrons. The molecule has 0 aliphatic heterocycles. The summed E-state index contributed by atoms with van der Waals surface area (Å²) in [7, 11) is -3.45. The Morgan fingerprint density at radius 1 is 0.915 bits per heavy atom. The van der Waals surface area contributed by atoms with Gasteiger partial charge in [-0.2, -0.15) is 5.10 Å². The lowest BCUT2D eigenvalue weighted by Crippen LogP contribution is -2.21.